The number of rotatable bonds is 2. The standard InChI is InChI=1S/C33H18N6S/c1-2-8-19(9-3-1)31-34-17-23-21-10-4-5-11-22(21)24-18-35-32(38-30(24)29(23)37-31)20-14-15-28-27(16-20)39-26-13-7-6-12-25(26)36-33(39)40-28/h1-18H. The molecule has 0 unspecified atom stereocenters. The van der Waals surface area contributed by atoms with Crippen molar-refractivity contribution < 1.29 is 0 Å². The number of thiazole rings is 1. The number of benzene rings is 5. The van der Waals surface area contributed by atoms with E-state index in [4.69, 9.17) is 24.9 Å². The summed E-state index contributed by atoms with van der Waals surface area (Å²) in [7, 11) is 0. The molecule has 0 amide bonds. The molecule has 186 valence electrons. The van der Waals surface area contributed by atoms with E-state index in [1.54, 1.807) is 11.3 Å². The predicted octanol–water partition coefficient (Wildman–Crippen LogP) is 8.08. The third kappa shape index (κ3) is 3.06. The molecule has 0 atom stereocenters. The minimum Gasteiger partial charge on any atom is -0.283 e. The summed E-state index contributed by atoms with van der Waals surface area (Å²) in [5.74, 6) is 1.34. The van der Waals surface area contributed by atoms with Crippen molar-refractivity contribution >= 4 is 70.1 Å². The molecule has 6 nitrogen and oxygen atoms in total. The Bertz CT molecular complexity index is 2440. The van der Waals surface area contributed by atoms with Gasteiger partial charge in [-0.1, -0.05) is 78.1 Å². The van der Waals surface area contributed by atoms with E-state index in [1.807, 2.05) is 60.9 Å². The minimum atomic E-state index is 0.662. The highest BCUT2D eigenvalue weighted by molar-refractivity contribution is 7.23. The summed E-state index contributed by atoms with van der Waals surface area (Å²) in [6, 6.07) is 33.0. The Morgan fingerprint density at radius 1 is 0.525 bits per heavy atom. The van der Waals surface area contributed by atoms with Crippen molar-refractivity contribution in [1.82, 2.24) is 29.3 Å². The summed E-state index contributed by atoms with van der Waals surface area (Å²) in [5, 5.41) is 4.14. The van der Waals surface area contributed by atoms with Crippen LogP contribution in [-0.2, 0) is 0 Å². The molecule has 40 heavy (non-hydrogen) atoms. The van der Waals surface area contributed by atoms with Gasteiger partial charge < -0.3 is 0 Å². The van der Waals surface area contributed by atoms with Crippen molar-refractivity contribution in [1.29, 1.82) is 0 Å². The van der Waals surface area contributed by atoms with Crippen LogP contribution < -0.4 is 0 Å². The summed E-state index contributed by atoms with van der Waals surface area (Å²) in [4.78, 5) is 25.6. The molecule has 0 N–H and O–H groups in total. The first-order valence-corrected chi connectivity index (χ1v) is 13.8. The molecule has 0 saturated heterocycles. The van der Waals surface area contributed by atoms with E-state index in [2.05, 4.69) is 52.9 Å². The number of para-hydroxylation sites is 2. The lowest BCUT2D eigenvalue weighted by Gasteiger charge is -2.11. The Balaban J connectivity index is 1.32. The first-order chi connectivity index (χ1) is 19.8. The molecule has 0 aliphatic rings. The highest BCUT2D eigenvalue weighted by Gasteiger charge is 2.16. The fourth-order valence-electron chi connectivity index (χ4n) is 5.66. The Kier molecular flexibility index (Phi) is 4.39. The van der Waals surface area contributed by atoms with E-state index in [0.717, 1.165) is 65.2 Å². The highest BCUT2D eigenvalue weighted by atomic mass is 32.1. The fraction of sp³-hybridized carbons (Fsp3) is 0. The fourth-order valence-corrected chi connectivity index (χ4v) is 6.68. The summed E-state index contributed by atoms with van der Waals surface area (Å²) in [6.07, 6.45) is 3.86. The zero-order valence-corrected chi connectivity index (χ0v) is 21.8. The van der Waals surface area contributed by atoms with Gasteiger partial charge >= 0.3 is 0 Å². The van der Waals surface area contributed by atoms with Crippen molar-refractivity contribution in [2.24, 2.45) is 0 Å². The second kappa shape index (κ2) is 8.11. The van der Waals surface area contributed by atoms with Gasteiger partial charge in [0.2, 0.25) is 0 Å². The van der Waals surface area contributed by atoms with Gasteiger partial charge in [-0.05, 0) is 41.1 Å². The maximum atomic E-state index is 5.16. The van der Waals surface area contributed by atoms with Gasteiger partial charge in [0.15, 0.2) is 16.6 Å². The molecule has 4 aromatic heterocycles. The van der Waals surface area contributed by atoms with Crippen LogP contribution in [0.25, 0.3) is 81.6 Å². The van der Waals surface area contributed by atoms with Crippen molar-refractivity contribution in [3.8, 4) is 22.8 Å². The average molecular weight is 531 g/mol. The van der Waals surface area contributed by atoms with Gasteiger partial charge in [0.25, 0.3) is 0 Å². The lowest BCUT2D eigenvalue weighted by molar-refractivity contribution is 1.21. The molecule has 0 bridgehead atoms. The smallest absolute Gasteiger partial charge is 0.195 e. The Labute approximate surface area is 231 Å². The first kappa shape index (κ1) is 21.6. The highest BCUT2D eigenvalue weighted by Crippen LogP contribution is 2.36. The molecule has 9 aromatic rings. The average Bonchev–Trinajstić information content (AvgIpc) is 3.57. The van der Waals surface area contributed by atoms with E-state index in [0.29, 0.717) is 11.6 Å². The SMILES string of the molecule is c1ccc(-c2ncc3c4ccccc4c4cnc(-c5ccc6sc7nc8ccccc8n7c6c5)nc4c3n2)cc1. The van der Waals surface area contributed by atoms with Crippen LogP contribution in [0.3, 0.4) is 0 Å². The van der Waals surface area contributed by atoms with Crippen LogP contribution in [0.15, 0.2) is 109 Å². The first-order valence-electron chi connectivity index (χ1n) is 13.0. The third-order valence-corrected chi connectivity index (χ3v) is 8.55. The maximum Gasteiger partial charge on any atom is 0.195 e. The van der Waals surface area contributed by atoms with Gasteiger partial charge in [-0.25, -0.2) is 24.9 Å². The van der Waals surface area contributed by atoms with Crippen LogP contribution in [0.2, 0.25) is 0 Å². The number of fused-ring (bicyclic) bond motifs is 11. The van der Waals surface area contributed by atoms with E-state index < -0.39 is 0 Å². The number of imidazole rings is 1. The molecule has 7 heteroatoms. The quantitative estimate of drug-likeness (QED) is 0.211. The van der Waals surface area contributed by atoms with Crippen LogP contribution in [-0.4, -0.2) is 29.3 Å². The van der Waals surface area contributed by atoms with Crippen molar-refractivity contribution in [2.75, 3.05) is 0 Å². The van der Waals surface area contributed by atoms with Gasteiger partial charge in [0.1, 0.15) is 11.0 Å². The Morgan fingerprint density at radius 2 is 1.18 bits per heavy atom. The van der Waals surface area contributed by atoms with Gasteiger partial charge in [-0.3, -0.25) is 4.40 Å². The van der Waals surface area contributed by atoms with Gasteiger partial charge in [0.05, 0.1) is 21.3 Å². The number of nitrogens with zero attached hydrogens (tertiary/aromatic N) is 6. The summed E-state index contributed by atoms with van der Waals surface area (Å²) in [6.45, 7) is 0. The summed E-state index contributed by atoms with van der Waals surface area (Å²) < 4.78 is 3.40. The molecule has 0 saturated carbocycles. The van der Waals surface area contributed by atoms with E-state index in [1.165, 1.54) is 4.70 Å². The molecular formula is C33H18N6S. The third-order valence-electron chi connectivity index (χ3n) is 7.53. The van der Waals surface area contributed by atoms with Crippen molar-refractivity contribution in [2.45, 2.75) is 0 Å². The molecule has 0 fully saturated rings. The molecule has 0 spiro atoms. The van der Waals surface area contributed by atoms with Gasteiger partial charge in [0, 0.05) is 34.3 Å². The summed E-state index contributed by atoms with van der Waals surface area (Å²) in [5.41, 5.74) is 6.77. The van der Waals surface area contributed by atoms with Crippen LogP contribution in [0, 0.1) is 0 Å². The lowest BCUT2D eigenvalue weighted by atomic mass is 10.0. The van der Waals surface area contributed by atoms with Gasteiger partial charge in [-0.2, -0.15) is 0 Å². The zero-order chi connectivity index (χ0) is 26.2. The monoisotopic (exact) mass is 530 g/mol. The van der Waals surface area contributed by atoms with Crippen molar-refractivity contribution in [3.05, 3.63) is 109 Å². The Morgan fingerprint density at radius 3 is 1.93 bits per heavy atom. The number of hydrogen-bond donors (Lipinski definition) is 0. The van der Waals surface area contributed by atoms with Crippen LogP contribution in [0.1, 0.15) is 0 Å². The molecule has 4 heterocycles. The topological polar surface area (TPSA) is 68.9 Å². The number of aromatic nitrogens is 6. The normalized spacial score (nSPS) is 12.0. The van der Waals surface area contributed by atoms with E-state index in [9.17, 15) is 0 Å². The van der Waals surface area contributed by atoms with E-state index in [-0.39, 0.29) is 0 Å². The maximum absolute atomic E-state index is 5.16. The second-order valence-electron chi connectivity index (χ2n) is 9.83. The predicted molar refractivity (Wildman–Crippen MR) is 163 cm³/mol. The molecule has 0 aliphatic carbocycles. The van der Waals surface area contributed by atoms with E-state index >= 15 is 0 Å². The second-order valence-corrected chi connectivity index (χ2v) is 10.8. The Hall–Kier alpha value is -5.27. The molecule has 5 aromatic carbocycles. The lowest BCUT2D eigenvalue weighted by Crippen LogP contribution is -1.96. The largest absolute Gasteiger partial charge is 0.283 e. The van der Waals surface area contributed by atoms with Crippen molar-refractivity contribution in [3.63, 3.8) is 0 Å². The molecule has 0 radical (unpaired) electrons. The van der Waals surface area contributed by atoms with Crippen LogP contribution in [0.5, 0.6) is 0 Å². The zero-order valence-electron chi connectivity index (χ0n) is 21.0. The summed E-state index contributed by atoms with van der Waals surface area (Å²) >= 11 is 1.69. The number of hydrogen-bond acceptors (Lipinski definition) is 6. The van der Waals surface area contributed by atoms with Gasteiger partial charge in [-0.15, -0.1) is 0 Å². The molecular weight excluding hydrogens is 512 g/mol. The minimum absolute atomic E-state index is 0.662. The van der Waals surface area contributed by atoms with Crippen LogP contribution >= 0.6 is 11.3 Å². The molecule has 0 aliphatic heterocycles. The van der Waals surface area contributed by atoms with Crippen LogP contribution in [0.4, 0.5) is 0 Å². The molecule has 9 rings (SSSR count).